The van der Waals surface area contributed by atoms with Gasteiger partial charge in [-0.05, 0) is 75.5 Å². The molecule has 0 aromatic heterocycles. The lowest BCUT2D eigenvalue weighted by atomic mass is 10.1. The number of likely N-dealkylation sites (N-methyl/N-ethyl adjacent to an activating group) is 1. The second-order valence-electron chi connectivity index (χ2n) is 8.69. The van der Waals surface area contributed by atoms with Gasteiger partial charge < -0.3 is 25.5 Å². The predicted molar refractivity (Wildman–Crippen MR) is 136 cm³/mol. The molecule has 2 amide bonds. The van der Waals surface area contributed by atoms with E-state index in [9.17, 15) is 14.7 Å². The van der Waals surface area contributed by atoms with E-state index in [4.69, 9.17) is 0 Å². The molecule has 1 fully saturated rings. The average molecular weight is 459 g/mol. The van der Waals surface area contributed by atoms with Crippen molar-refractivity contribution in [1.82, 2.24) is 4.90 Å². The van der Waals surface area contributed by atoms with Gasteiger partial charge in [0, 0.05) is 42.6 Å². The van der Waals surface area contributed by atoms with Gasteiger partial charge in [0.2, 0.25) is 0 Å². The molecule has 3 N–H and O–H groups in total. The SMILES string of the molecule is Cc1ccc(NC(=O)c2ccc(O)cc2NC(=O)c2ccc(N3CCCN(C)CC3)cc2)cc1. The zero-order valence-electron chi connectivity index (χ0n) is 19.5. The van der Waals surface area contributed by atoms with Crippen LogP contribution in [-0.2, 0) is 0 Å². The van der Waals surface area contributed by atoms with Crippen LogP contribution in [0.1, 0.15) is 32.7 Å². The van der Waals surface area contributed by atoms with Crippen molar-refractivity contribution >= 4 is 28.9 Å². The Hall–Kier alpha value is -3.84. The van der Waals surface area contributed by atoms with Crippen LogP contribution in [0.3, 0.4) is 0 Å². The number of phenols is 1. The number of nitrogens with one attached hydrogen (secondary N) is 2. The highest BCUT2D eigenvalue weighted by molar-refractivity contribution is 6.12. The molecule has 1 aliphatic heterocycles. The van der Waals surface area contributed by atoms with E-state index in [1.807, 2.05) is 43.3 Å². The third-order valence-corrected chi connectivity index (χ3v) is 6.02. The first-order valence-corrected chi connectivity index (χ1v) is 11.4. The second-order valence-corrected chi connectivity index (χ2v) is 8.69. The van der Waals surface area contributed by atoms with E-state index < -0.39 is 0 Å². The monoisotopic (exact) mass is 458 g/mol. The molecule has 1 aliphatic rings. The molecule has 1 saturated heterocycles. The molecular weight excluding hydrogens is 428 g/mol. The lowest BCUT2D eigenvalue weighted by Gasteiger charge is -2.23. The van der Waals surface area contributed by atoms with Crippen LogP contribution in [-0.4, -0.2) is 55.0 Å². The van der Waals surface area contributed by atoms with Gasteiger partial charge in [0.05, 0.1) is 11.3 Å². The molecule has 3 aromatic rings. The highest BCUT2D eigenvalue weighted by Crippen LogP contribution is 2.24. The van der Waals surface area contributed by atoms with Crippen LogP contribution in [0.2, 0.25) is 0 Å². The third-order valence-electron chi connectivity index (χ3n) is 6.02. The maximum absolute atomic E-state index is 12.9. The maximum Gasteiger partial charge on any atom is 0.257 e. The average Bonchev–Trinajstić information content (AvgIpc) is 3.05. The number of carbonyl (C=O) groups is 2. The van der Waals surface area contributed by atoms with E-state index in [1.165, 1.54) is 18.2 Å². The Bertz CT molecular complexity index is 1160. The van der Waals surface area contributed by atoms with E-state index in [-0.39, 0.29) is 28.8 Å². The Kier molecular flexibility index (Phi) is 7.13. The number of hydrogen-bond donors (Lipinski definition) is 3. The van der Waals surface area contributed by atoms with E-state index in [1.54, 1.807) is 12.1 Å². The second kappa shape index (κ2) is 10.4. The van der Waals surface area contributed by atoms with Crippen molar-refractivity contribution in [1.29, 1.82) is 0 Å². The highest BCUT2D eigenvalue weighted by Gasteiger charge is 2.17. The van der Waals surface area contributed by atoms with Gasteiger partial charge in [0.15, 0.2) is 0 Å². The summed E-state index contributed by atoms with van der Waals surface area (Å²) in [6.07, 6.45) is 1.10. The number of rotatable bonds is 5. The topological polar surface area (TPSA) is 84.9 Å². The van der Waals surface area contributed by atoms with Gasteiger partial charge in [0.25, 0.3) is 11.8 Å². The van der Waals surface area contributed by atoms with E-state index in [0.717, 1.165) is 43.9 Å². The van der Waals surface area contributed by atoms with Crippen LogP contribution in [0.5, 0.6) is 5.75 Å². The van der Waals surface area contributed by atoms with E-state index in [2.05, 4.69) is 27.5 Å². The molecule has 1 heterocycles. The first-order chi connectivity index (χ1) is 16.4. The van der Waals surface area contributed by atoms with Crippen LogP contribution in [0.15, 0.2) is 66.7 Å². The van der Waals surface area contributed by atoms with Crippen molar-refractivity contribution in [3.05, 3.63) is 83.4 Å². The molecule has 0 saturated carbocycles. The molecule has 4 rings (SSSR count). The Morgan fingerprint density at radius 1 is 0.824 bits per heavy atom. The van der Waals surface area contributed by atoms with Crippen molar-refractivity contribution < 1.29 is 14.7 Å². The maximum atomic E-state index is 12.9. The van der Waals surface area contributed by atoms with Crippen molar-refractivity contribution in [2.24, 2.45) is 0 Å². The molecule has 0 spiro atoms. The molecule has 176 valence electrons. The van der Waals surface area contributed by atoms with Gasteiger partial charge in [0.1, 0.15) is 5.75 Å². The minimum absolute atomic E-state index is 0.0383. The van der Waals surface area contributed by atoms with Gasteiger partial charge in [-0.15, -0.1) is 0 Å². The Morgan fingerprint density at radius 3 is 2.29 bits per heavy atom. The van der Waals surface area contributed by atoms with E-state index >= 15 is 0 Å². The molecule has 7 nitrogen and oxygen atoms in total. The smallest absolute Gasteiger partial charge is 0.257 e. The fourth-order valence-corrected chi connectivity index (χ4v) is 3.99. The minimum atomic E-state index is -0.374. The number of amides is 2. The number of nitrogens with zero attached hydrogens (tertiary/aromatic N) is 2. The normalized spacial score (nSPS) is 14.4. The third kappa shape index (κ3) is 5.74. The Morgan fingerprint density at radius 2 is 1.56 bits per heavy atom. The van der Waals surface area contributed by atoms with Crippen molar-refractivity contribution in [3.8, 4) is 5.75 Å². The summed E-state index contributed by atoms with van der Waals surface area (Å²) in [6.45, 7) is 6.00. The predicted octanol–water partition coefficient (Wildman–Crippen LogP) is 4.35. The first-order valence-electron chi connectivity index (χ1n) is 11.4. The van der Waals surface area contributed by atoms with Gasteiger partial charge in [-0.1, -0.05) is 17.7 Å². The zero-order chi connectivity index (χ0) is 24.1. The highest BCUT2D eigenvalue weighted by atomic mass is 16.3. The molecule has 0 unspecified atom stereocenters. The summed E-state index contributed by atoms with van der Waals surface area (Å²) < 4.78 is 0. The number of anilines is 3. The van der Waals surface area contributed by atoms with Crippen LogP contribution >= 0.6 is 0 Å². The number of aromatic hydroxyl groups is 1. The minimum Gasteiger partial charge on any atom is -0.508 e. The van der Waals surface area contributed by atoms with Crippen LogP contribution in [0.25, 0.3) is 0 Å². The van der Waals surface area contributed by atoms with Crippen LogP contribution < -0.4 is 15.5 Å². The quantitative estimate of drug-likeness (QED) is 0.529. The van der Waals surface area contributed by atoms with Crippen molar-refractivity contribution in [3.63, 3.8) is 0 Å². The summed E-state index contributed by atoms with van der Waals surface area (Å²) in [4.78, 5) is 30.5. The number of benzene rings is 3. The standard InChI is InChI=1S/C27H30N4O3/c1-19-4-8-21(9-5-19)28-27(34)24-13-12-23(32)18-25(24)29-26(33)20-6-10-22(11-7-20)31-15-3-14-30(2)16-17-31/h4-13,18,32H,3,14-17H2,1-2H3,(H,28,34)(H,29,33). The van der Waals surface area contributed by atoms with Crippen molar-refractivity contribution in [2.45, 2.75) is 13.3 Å². The lowest BCUT2D eigenvalue weighted by molar-refractivity contribution is 0.102. The van der Waals surface area contributed by atoms with Crippen molar-refractivity contribution in [2.75, 3.05) is 48.8 Å². The fourth-order valence-electron chi connectivity index (χ4n) is 3.99. The number of aryl methyl sites for hydroxylation is 1. The summed E-state index contributed by atoms with van der Waals surface area (Å²) in [5, 5.41) is 15.6. The summed E-state index contributed by atoms with van der Waals surface area (Å²) in [5.41, 5.74) is 3.80. The Balaban J connectivity index is 1.47. The molecular formula is C27H30N4O3. The van der Waals surface area contributed by atoms with Crippen LogP contribution in [0, 0.1) is 6.92 Å². The summed E-state index contributed by atoms with van der Waals surface area (Å²) in [7, 11) is 2.13. The molecule has 3 aromatic carbocycles. The van der Waals surface area contributed by atoms with Crippen LogP contribution in [0.4, 0.5) is 17.1 Å². The summed E-state index contributed by atoms with van der Waals surface area (Å²) >= 11 is 0. The number of carbonyl (C=O) groups excluding carboxylic acids is 2. The summed E-state index contributed by atoms with van der Waals surface area (Å²) in [6, 6.07) is 19.2. The number of hydrogen-bond acceptors (Lipinski definition) is 5. The molecule has 0 aliphatic carbocycles. The Labute approximate surface area is 200 Å². The molecule has 0 bridgehead atoms. The van der Waals surface area contributed by atoms with Gasteiger partial charge in [-0.3, -0.25) is 9.59 Å². The van der Waals surface area contributed by atoms with E-state index in [0.29, 0.717) is 11.3 Å². The fraction of sp³-hybridized carbons (Fsp3) is 0.259. The van der Waals surface area contributed by atoms with Gasteiger partial charge in [-0.2, -0.15) is 0 Å². The summed E-state index contributed by atoms with van der Waals surface area (Å²) in [5.74, 6) is -0.763. The lowest BCUT2D eigenvalue weighted by Crippen LogP contribution is -2.28. The molecule has 34 heavy (non-hydrogen) atoms. The first kappa shape index (κ1) is 23.3. The largest absolute Gasteiger partial charge is 0.508 e. The van der Waals surface area contributed by atoms with Gasteiger partial charge >= 0.3 is 0 Å². The molecule has 0 atom stereocenters. The zero-order valence-corrected chi connectivity index (χ0v) is 19.5. The molecule has 7 heteroatoms. The van der Waals surface area contributed by atoms with Gasteiger partial charge in [-0.25, -0.2) is 0 Å². The molecule has 0 radical (unpaired) electrons. The number of phenolic OH excluding ortho intramolecular Hbond substituents is 1.